The van der Waals surface area contributed by atoms with E-state index < -0.39 is 6.04 Å². The van der Waals surface area contributed by atoms with Crippen LogP contribution in [0, 0.1) is 0 Å². The van der Waals surface area contributed by atoms with Gasteiger partial charge < -0.3 is 20.1 Å². The smallest absolute Gasteiger partial charge is 0.245 e. The Labute approximate surface area is 161 Å². The molecule has 1 amide bonds. The summed E-state index contributed by atoms with van der Waals surface area (Å²) < 4.78 is 1.76. The molecule has 0 spiro atoms. The van der Waals surface area contributed by atoms with Crippen LogP contribution in [0.2, 0.25) is 0 Å². The first-order chi connectivity index (χ1) is 13.6. The number of nitrogens with zero attached hydrogens (tertiary/aromatic N) is 7. The Morgan fingerprint density at radius 1 is 1.21 bits per heavy atom. The van der Waals surface area contributed by atoms with Crippen LogP contribution >= 0.6 is 0 Å². The van der Waals surface area contributed by atoms with Crippen molar-refractivity contribution < 1.29 is 4.79 Å². The predicted molar refractivity (Wildman–Crippen MR) is 104 cm³/mol. The number of carbonyl (C=O) groups excluding carboxylic acids is 1. The molecular formula is C18H23N9O. The second kappa shape index (κ2) is 6.47. The lowest BCUT2D eigenvalue weighted by Crippen LogP contribution is -2.50. The number of carbonyl (C=O) groups is 1. The van der Waals surface area contributed by atoms with Crippen molar-refractivity contribution in [3.05, 3.63) is 24.4 Å². The lowest BCUT2D eigenvalue weighted by atomic mass is 10.2. The van der Waals surface area contributed by atoms with Crippen molar-refractivity contribution in [2.75, 3.05) is 36.8 Å². The minimum atomic E-state index is -0.405. The van der Waals surface area contributed by atoms with Crippen molar-refractivity contribution >= 4 is 28.7 Å². The molecule has 1 saturated carbocycles. The van der Waals surface area contributed by atoms with Gasteiger partial charge in [0.15, 0.2) is 17.3 Å². The normalized spacial score (nSPS) is 18.6. The first-order valence-corrected chi connectivity index (χ1v) is 9.64. The zero-order valence-electron chi connectivity index (χ0n) is 15.7. The Kier molecular flexibility index (Phi) is 3.92. The van der Waals surface area contributed by atoms with Gasteiger partial charge in [0.25, 0.3) is 0 Å². The number of aromatic amines is 1. The number of aromatic nitrogens is 6. The minimum absolute atomic E-state index is 0.0526. The van der Waals surface area contributed by atoms with Gasteiger partial charge in [0.05, 0.1) is 6.33 Å². The third-order valence-corrected chi connectivity index (χ3v) is 5.68. The summed E-state index contributed by atoms with van der Waals surface area (Å²) in [6.07, 6.45) is 5.51. The molecule has 3 aromatic rings. The molecule has 10 heteroatoms. The Morgan fingerprint density at radius 3 is 2.75 bits per heavy atom. The van der Waals surface area contributed by atoms with Gasteiger partial charge in [0, 0.05) is 43.9 Å². The first-order valence-electron chi connectivity index (χ1n) is 9.64. The number of fused-ring (bicyclic) bond motifs is 1. The fourth-order valence-electron chi connectivity index (χ4n) is 3.78. The lowest BCUT2D eigenvalue weighted by molar-refractivity contribution is -0.134. The van der Waals surface area contributed by atoms with Crippen molar-refractivity contribution in [1.82, 2.24) is 34.6 Å². The van der Waals surface area contributed by atoms with Gasteiger partial charge in [0.1, 0.15) is 17.9 Å². The first kappa shape index (κ1) is 17.0. The summed E-state index contributed by atoms with van der Waals surface area (Å²) >= 11 is 0. The van der Waals surface area contributed by atoms with Gasteiger partial charge >= 0.3 is 0 Å². The highest BCUT2D eigenvalue weighted by atomic mass is 16.2. The molecule has 1 aliphatic carbocycles. The highest BCUT2D eigenvalue weighted by molar-refractivity contribution is 5.85. The largest absolute Gasteiger partial charge is 0.382 e. The predicted octanol–water partition coefficient (Wildman–Crippen LogP) is 0.919. The van der Waals surface area contributed by atoms with Gasteiger partial charge in [-0.3, -0.25) is 9.89 Å². The number of hydrogen-bond donors (Lipinski definition) is 2. The summed E-state index contributed by atoms with van der Waals surface area (Å²) in [5.74, 6) is 2.01. The maximum Gasteiger partial charge on any atom is 0.245 e. The molecular weight excluding hydrogens is 358 g/mol. The van der Waals surface area contributed by atoms with E-state index in [1.807, 2.05) is 11.8 Å². The van der Waals surface area contributed by atoms with Gasteiger partial charge in [-0.1, -0.05) is 0 Å². The number of H-pyrrole nitrogens is 1. The highest BCUT2D eigenvalue weighted by Gasteiger charge is 2.29. The number of anilines is 2. The number of imidazole rings is 1. The van der Waals surface area contributed by atoms with Crippen molar-refractivity contribution in [1.29, 1.82) is 0 Å². The van der Waals surface area contributed by atoms with Crippen LogP contribution in [0.15, 0.2) is 18.7 Å². The van der Waals surface area contributed by atoms with Crippen molar-refractivity contribution in [3.8, 4) is 0 Å². The molecule has 3 aromatic heterocycles. The fraction of sp³-hybridized carbons (Fsp3) is 0.500. The maximum absolute atomic E-state index is 13.0. The Hall–Kier alpha value is -3.17. The number of amides is 1. The molecule has 10 nitrogen and oxygen atoms in total. The lowest BCUT2D eigenvalue weighted by Gasteiger charge is -2.36. The number of rotatable bonds is 4. The summed E-state index contributed by atoms with van der Waals surface area (Å²) in [5.41, 5.74) is 8.18. The molecule has 3 N–H and O–H groups in total. The summed E-state index contributed by atoms with van der Waals surface area (Å²) in [6, 6.07) is 1.75. The van der Waals surface area contributed by atoms with E-state index in [1.165, 1.54) is 24.9 Å². The molecule has 1 aliphatic heterocycles. The standard InChI is InChI=1S/C18H23N9O/c1-11(27-10-22-15-16(19)20-9-21-17(15)27)18(28)26-6-4-25(5-7-26)14-8-13(23-24-14)12-2-3-12/h8-12H,2-7H2,1H3,(H,23,24)(H2,19,20,21). The molecule has 0 radical (unpaired) electrons. The summed E-state index contributed by atoms with van der Waals surface area (Å²) in [4.78, 5) is 29.6. The fourth-order valence-corrected chi connectivity index (χ4v) is 3.78. The van der Waals surface area contributed by atoms with Crippen LogP contribution in [0.25, 0.3) is 11.2 Å². The van der Waals surface area contributed by atoms with E-state index in [1.54, 1.807) is 10.9 Å². The summed E-state index contributed by atoms with van der Waals surface area (Å²) in [5, 5.41) is 7.60. The third kappa shape index (κ3) is 2.85. The van der Waals surface area contributed by atoms with Crippen molar-refractivity contribution in [2.45, 2.75) is 31.7 Å². The molecule has 146 valence electrons. The zero-order chi connectivity index (χ0) is 19.3. The van der Waals surface area contributed by atoms with E-state index in [0.29, 0.717) is 36.0 Å². The van der Waals surface area contributed by atoms with Crippen LogP contribution in [-0.2, 0) is 4.79 Å². The average molecular weight is 381 g/mol. The topological polar surface area (TPSA) is 122 Å². The minimum Gasteiger partial charge on any atom is -0.382 e. The molecule has 4 heterocycles. The molecule has 0 aromatic carbocycles. The molecule has 28 heavy (non-hydrogen) atoms. The van der Waals surface area contributed by atoms with Gasteiger partial charge in [-0.25, -0.2) is 15.0 Å². The average Bonchev–Trinajstić information content (AvgIpc) is 3.28. The maximum atomic E-state index is 13.0. The van der Waals surface area contributed by atoms with Gasteiger partial charge in [-0.05, 0) is 19.8 Å². The van der Waals surface area contributed by atoms with Crippen LogP contribution in [0.4, 0.5) is 11.6 Å². The molecule has 0 bridgehead atoms. The monoisotopic (exact) mass is 381 g/mol. The molecule has 1 unspecified atom stereocenters. The summed E-state index contributed by atoms with van der Waals surface area (Å²) in [6.45, 7) is 4.74. The van der Waals surface area contributed by atoms with Crippen LogP contribution in [0.5, 0.6) is 0 Å². The van der Waals surface area contributed by atoms with E-state index >= 15 is 0 Å². The van der Waals surface area contributed by atoms with E-state index in [0.717, 1.165) is 18.9 Å². The van der Waals surface area contributed by atoms with E-state index in [2.05, 4.69) is 36.1 Å². The van der Waals surface area contributed by atoms with Crippen LogP contribution in [-0.4, -0.2) is 66.7 Å². The quantitative estimate of drug-likeness (QED) is 0.689. The Morgan fingerprint density at radius 2 is 2.00 bits per heavy atom. The van der Waals surface area contributed by atoms with Crippen LogP contribution in [0.1, 0.15) is 37.4 Å². The Balaban J connectivity index is 1.26. The van der Waals surface area contributed by atoms with E-state index in [9.17, 15) is 4.79 Å². The molecule has 1 saturated heterocycles. The van der Waals surface area contributed by atoms with Gasteiger partial charge in [0.2, 0.25) is 5.91 Å². The van der Waals surface area contributed by atoms with E-state index in [-0.39, 0.29) is 5.91 Å². The van der Waals surface area contributed by atoms with Crippen LogP contribution in [0.3, 0.4) is 0 Å². The number of piperazine rings is 1. The number of hydrogen-bond acceptors (Lipinski definition) is 7. The molecule has 5 rings (SSSR count). The van der Waals surface area contributed by atoms with Crippen LogP contribution < -0.4 is 10.6 Å². The number of nitrogens with one attached hydrogen (secondary N) is 1. The van der Waals surface area contributed by atoms with Crippen molar-refractivity contribution in [2.24, 2.45) is 0 Å². The third-order valence-electron chi connectivity index (χ3n) is 5.68. The second-order valence-electron chi connectivity index (χ2n) is 7.53. The van der Waals surface area contributed by atoms with E-state index in [4.69, 9.17) is 5.73 Å². The SMILES string of the molecule is CC(C(=O)N1CCN(c2cc(C3CC3)[nH]n2)CC1)n1cnc2c(N)ncnc21. The van der Waals surface area contributed by atoms with Gasteiger partial charge in [-0.15, -0.1) is 0 Å². The zero-order valence-corrected chi connectivity index (χ0v) is 15.7. The second-order valence-corrected chi connectivity index (χ2v) is 7.53. The Bertz CT molecular complexity index is 1010. The molecule has 2 aliphatic rings. The van der Waals surface area contributed by atoms with Crippen molar-refractivity contribution in [3.63, 3.8) is 0 Å². The molecule has 1 atom stereocenters. The summed E-state index contributed by atoms with van der Waals surface area (Å²) in [7, 11) is 0. The number of nitrogen functional groups attached to an aromatic ring is 1. The highest BCUT2D eigenvalue weighted by Crippen LogP contribution is 2.39. The number of nitrogens with two attached hydrogens (primary N) is 1. The molecule has 2 fully saturated rings. The van der Waals surface area contributed by atoms with Gasteiger partial charge in [-0.2, -0.15) is 5.10 Å².